The number of nitrogens with zero attached hydrogens (tertiary/aromatic N) is 3. The number of hydrogen-bond acceptors (Lipinski definition) is 8. The fourth-order valence-electron chi connectivity index (χ4n) is 4.92. The van der Waals surface area contributed by atoms with Crippen molar-refractivity contribution in [2.24, 2.45) is 0 Å². The molecule has 228 valence electrons. The highest BCUT2D eigenvalue weighted by Crippen LogP contribution is 2.33. The largest absolute Gasteiger partial charge is 0.379 e. The first-order chi connectivity index (χ1) is 21.6. The molecule has 0 aliphatic rings. The normalized spacial score (nSPS) is 11.5. The monoisotopic (exact) mass is 660 g/mol. The first kappa shape index (κ1) is 30.3. The standard InChI is InChI=1S/C33H26ClFN4O4S2/c1-38(2)27-12-6-11-26-25(27)10-7-13-28(26)45(41,42)43-23-16-14-22(15-17-23)33(40)39-32(36-20-24-18-19-29(34)44-24)30(35)31(37-39)21-8-4-3-5-9-21/h3-19,36H,20H2,1-2H3. The summed E-state index contributed by atoms with van der Waals surface area (Å²) in [7, 11) is -0.462. The van der Waals surface area contributed by atoms with E-state index in [1.807, 2.05) is 37.2 Å². The molecule has 45 heavy (non-hydrogen) atoms. The average molecular weight is 661 g/mol. The molecule has 4 aromatic carbocycles. The van der Waals surface area contributed by atoms with Crippen molar-refractivity contribution in [1.29, 1.82) is 0 Å². The zero-order chi connectivity index (χ0) is 31.7. The van der Waals surface area contributed by atoms with E-state index >= 15 is 4.39 Å². The molecule has 0 atom stereocenters. The van der Waals surface area contributed by atoms with Crippen molar-refractivity contribution in [2.45, 2.75) is 11.4 Å². The van der Waals surface area contributed by atoms with Crippen molar-refractivity contribution in [3.8, 4) is 17.0 Å². The molecule has 0 saturated carbocycles. The predicted octanol–water partition coefficient (Wildman–Crippen LogP) is 7.69. The van der Waals surface area contributed by atoms with Crippen LogP contribution in [0.25, 0.3) is 22.0 Å². The number of fused-ring (bicyclic) bond motifs is 1. The van der Waals surface area contributed by atoms with Crippen LogP contribution in [0, 0.1) is 5.82 Å². The van der Waals surface area contributed by atoms with Gasteiger partial charge in [0, 0.05) is 46.6 Å². The van der Waals surface area contributed by atoms with Gasteiger partial charge in [-0.2, -0.15) is 18.2 Å². The molecule has 0 unspecified atom stereocenters. The van der Waals surface area contributed by atoms with Crippen molar-refractivity contribution in [1.82, 2.24) is 9.78 Å². The number of thiophene rings is 1. The van der Waals surface area contributed by atoms with Gasteiger partial charge in [0.15, 0.2) is 11.6 Å². The van der Waals surface area contributed by atoms with Crippen molar-refractivity contribution in [2.75, 3.05) is 24.3 Å². The number of aromatic nitrogens is 2. The molecule has 12 heteroatoms. The van der Waals surface area contributed by atoms with Crippen molar-refractivity contribution in [3.05, 3.63) is 124 Å². The van der Waals surface area contributed by atoms with Gasteiger partial charge in [-0.25, -0.2) is 4.39 Å². The smallest absolute Gasteiger partial charge is 0.339 e. The molecule has 0 bridgehead atoms. The molecule has 1 N–H and O–H groups in total. The first-order valence-corrected chi connectivity index (χ1v) is 16.3. The minimum atomic E-state index is -4.23. The molecule has 0 saturated heterocycles. The maximum Gasteiger partial charge on any atom is 0.339 e. The molecule has 6 rings (SSSR count). The van der Waals surface area contributed by atoms with Gasteiger partial charge in [-0.3, -0.25) is 4.79 Å². The third kappa shape index (κ3) is 6.15. The molecule has 0 fully saturated rings. The van der Waals surface area contributed by atoms with E-state index in [1.54, 1.807) is 54.6 Å². The van der Waals surface area contributed by atoms with Gasteiger partial charge in [-0.05, 0) is 48.5 Å². The van der Waals surface area contributed by atoms with Crippen molar-refractivity contribution in [3.63, 3.8) is 0 Å². The molecule has 6 aromatic rings. The summed E-state index contributed by atoms with van der Waals surface area (Å²) in [4.78, 5) is 16.4. The molecule has 0 aliphatic heterocycles. The van der Waals surface area contributed by atoms with Crippen LogP contribution in [0.3, 0.4) is 0 Å². The summed E-state index contributed by atoms with van der Waals surface area (Å²) >= 11 is 7.38. The molecule has 0 radical (unpaired) electrons. The van der Waals surface area contributed by atoms with Gasteiger partial charge in [0.2, 0.25) is 0 Å². The Morgan fingerprint density at radius 2 is 1.64 bits per heavy atom. The maximum absolute atomic E-state index is 15.7. The molecular formula is C33H26ClFN4O4S2. The number of halogens is 2. The van der Waals surface area contributed by atoms with Crippen LogP contribution in [0.2, 0.25) is 4.34 Å². The van der Waals surface area contributed by atoms with Crippen LogP contribution in [0.15, 0.2) is 108 Å². The summed E-state index contributed by atoms with van der Waals surface area (Å²) in [5.74, 6) is -1.41. The number of rotatable bonds is 9. The summed E-state index contributed by atoms with van der Waals surface area (Å²) in [5, 5.41) is 8.60. The van der Waals surface area contributed by atoms with Crippen LogP contribution >= 0.6 is 22.9 Å². The van der Waals surface area contributed by atoms with E-state index in [4.69, 9.17) is 15.8 Å². The lowest BCUT2D eigenvalue weighted by Crippen LogP contribution is -2.17. The summed E-state index contributed by atoms with van der Waals surface area (Å²) in [6.07, 6.45) is 0. The van der Waals surface area contributed by atoms with Crippen LogP contribution in [-0.4, -0.2) is 38.2 Å². The van der Waals surface area contributed by atoms with Gasteiger partial charge in [0.05, 0.1) is 10.9 Å². The molecular weight excluding hydrogens is 635 g/mol. The van der Waals surface area contributed by atoms with Gasteiger partial charge in [-0.1, -0.05) is 66.2 Å². The molecule has 8 nitrogen and oxygen atoms in total. The number of benzene rings is 4. The lowest BCUT2D eigenvalue weighted by Gasteiger charge is -2.17. The van der Waals surface area contributed by atoms with E-state index in [9.17, 15) is 13.2 Å². The number of carbonyl (C=O) groups excluding carboxylic acids is 1. The van der Waals surface area contributed by atoms with E-state index in [1.165, 1.54) is 41.7 Å². The predicted molar refractivity (Wildman–Crippen MR) is 177 cm³/mol. The van der Waals surface area contributed by atoms with Crippen molar-refractivity contribution >= 4 is 61.2 Å². The molecule has 2 aromatic heterocycles. The molecule has 2 heterocycles. The van der Waals surface area contributed by atoms with Gasteiger partial charge in [0.1, 0.15) is 16.3 Å². The Kier molecular flexibility index (Phi) is 8.32. The lowest BCUT2D eigenvalue weighted by atomic mass is 10.1. The van der Waals surface area contributed by atoms with E-state index in [0.29, 0.717) is 15.3 Å². The Morgan fingerprint density at radius 3 is 2.33 bits per heavy atom. The fraction of sp³-hybridized carbons (Fsp3) is 0.0909. The van der Waals surface area contributed by atoms with E-state index < -0.39 is 21.8 Å². The SMILES string of the molecule is CN(C)c1cccc2c(S(=O)(=O)Oc3ccc(C(=O)n4nc(-c5ccccc5)c(F)c4NCc4ccc(Cl)s4)cc3)cccc12. The van der Waals surface area contributed by atoms with Gasteiger partial charge in [0.25, 0.3) is 5.91 Å². The van der Waals surface area contributed by atoms with Crippen LogP contribution in [0.1, 0.15) is 15.2 Å². The Balaban J connectivity index is 1.29. The third-order valence-corrected chi connectivity index (χ3v) is 9.58. The third-order valence-electron chi connectivity index (χ3n) is 7.04. The Morgan fingerprint density at radius 1 is 0.933 bits per heavy atom. The Labute approximate surface area is 268 Å². The lowest BCUT2D eigenvalue weighted by molar-refractivity contribution is 0.0947. The van der Waals surface area contributed by atoms with Crippen LogP contribution in [-0.2, 0) is 16.7 Å². The first-order valence-electron chi connectivity index (χ1n) is 13.7. The summed E-state index contributed by atoms with van der Waals surface area (Å²) in [6.45, 7) is 0.219. The number of anilines is 2. The summed E-state index contributed by atoms with van der Waals surface area (Å²) < 4.78 is 49.5. The maximum atomic E-state index is 15.7. The Hall–Kier alpha value is -4.71. The highest BCUT2D eigenvalue weighted by Gasteiger charge is 2.25. The number of carbonyl (C=O) groups is 1. The second-order valence-corrected chi connectivity index (χ2v) is 13.6. The van der Waals surface area contributed by atoms with E-state index in [-0.39, 0.29) is 34.3 Å². The summed E-state index contributed by atoms with van der Waals surface area (Å²) in [5.41, 5.74) is 1.52. The van der Waals surface area contributed by atoms with Crippen LogP contribution < -0.4 is 14.4 Å². The molecule has 0 amide bonds. The molecule has 0 aliphatic carbocycles. The van der Waals surface area contributed by atoms with E-state index in [0.717, 1.165) is 20.6 Å². The topological polar surface area (TPSA) is 93.5 Å². The quantitative estimate of drug-likeness (QED) is 0.159. The molecule has 0 spiro atoms. The number of nitrogens with one attached hydrogen (secondary N) is 1. The second kappa shape index (κ2) is 12.4. The average Bonchev–Trinajstić information content (AvgIpc) is 3.61. The minimum Gasteiger partial charge on any atom is -0.379 e. The zero-order valence-corrected chi connectivity index (χ0v) is 26.5. The fourth-order valence-corrected chi connectivity index (χ4v) is 7.09. The highest BCUT2D eigenvalue weighted by molar-refractivity contribution is 7.87. The second-order valence-electron chi connectivity index (χ2n) is 10.2. The highest BCUT2D eigenvalue weighted by atomic mass is 35.5. The zero-order valence-electron chi connectivity index (χ0n) is 24.1. The van der Waals surface area contributed by atoms with Gasteiger partial charge < -0.3 is 14.4 Å². The van der Waals surface area contributed by atoms with Crippen molar-refractivity contribution < 1.29 is 21.8 Å². The van der Waals surface area contributed by atoms with Gasteiger partial charge in [-0.15, -0.1) is 11.3 Å². The Bertz CT molecular complexity index is 2130. The van der Waals surface area contributed by atoms with Gasteiger partial charge >= 0.3 is 10.1 Å². The number of hydrogen-bond donors (Lipinski definition) is 1. The minimum absolute atomic E-state index is 0.00854. The van der Waals surface area contributed by atoms with Crippen LogP contribution in [0.5, 0.6) is 5.75 Å². The summed E-state index contributed by atoms with van der Waals surface area (Å²) in [6, 6.07) is 28.3. The van der Waals surface area contributed by atoms with E-state index in [2.05, 4.69) is 10.4 Å². The van der Waals surface area contributed by atoms with Crippen LogP contribution in [0.4, 0.5) is 15.9 Å².